The highest BCUT2D eigenvalue weighted by molar-refractivity contribution is 5.94. The molecule has 3 aromatic rings. The van der Waals surface area contributed by atoms with Crippen molar-refractivity contribution in [3.05, 3.63) is 42.2 Å². The van der Waals surface area contributed by atoms with Gasteiger partial charge in [-0.25, -0.2) is 9.97 Å². The summed E-state index contributed by atoms with van der Waals surface area (Å²) >= 11 is 0. The van der Waals surface area contributed by atoms with Gasteiger partial charge in [-0.15, -0.1) is 5.10 Å². The second-order valence-corrected chi connectivity index (χ2v) is 6.87. The molecule has 5 N–H and O–H groups in total. The van der Waals surface area contributed by atoms with E-state index in [-0.39, 0.29) is 11.9 Å². The monoisotopic (exact) mass is 393 g/mol. The van der Waals surface area contributed by atoms with Crippen LogP contribution in [0.3, 0.4) is 0 Å². The number of aromatic nitrogens is 5. The predicted octanol–water partition coefficient (Wildman–Crippen LogP) is 2.10. The van der Waals surface area contributed by atoms with Crippen molar-refractivity contribution < 1.29 is 4.79 Å². The Bertz CT molecular complexity index is 993. The average molecular weight is 393 g/mol. The molecule has 0 radical (unpaired) electrons. The summed E-state index contributed by atoms with van der Waals surface area (Å²) in [5.74, 6) is 1.68. The molecule has 1 fully saturated rings. The standard InChI is InChI=1S/C19H23N9O/c1-21-17(29)12-6-8-14(9-7-12)25-19-26-18(20)28(27-19)16-10-15(22-11-23-16)24-13-4-2-3-5-13/h6-11,13H,2-5H2,1H3,(H,21,29)(H,22,23,24)(H3,20,25,26,27). The van der Waals surface area contributed by atoms with Gasteiger partial charge in [0.2, 0.25) is 11.9 Å². The number of hydrogen-bond donors (Lipinski definition) is 4. The molecule has 0 atom stereocenters. The Labute approximate surface area is 168 Å². The van der Waals surface area contributed by atoms with Crippen LogP contribution in [-0.2, 0) is 0 Å². The van der Waals surface area contributed by atoms with Crippen molar-refractivity contribution >= 4 is 29.3 Å². The van der Waals surface area contributed by atoms with Crippen LogP contribution in [0.15, 0.2) is 36.7 Å². The molecule has 4 rings (SSSR count). The maximum absolute atomic E-state index is 11.6. The molecule has 150 valence electrons. The molecule has 2 aromatic heterocycles. The maximum atomic E-state index is 11.6. The summed E-state index contributed by atoms with van der Waals surface area (Å²) in [5.41, 5.74) is 7.34. The Morgan fingerprint density at radius 3 is 2.66 bits per heavy atom. The normalized spacial score (nSPS) is 14.0. The zero-order valence-electron chi connectivity index (χ0n) is 16.1. The molecule has 1 amide bonds. The second-order valence-electron chi connectivity index (χ2n) is 6.87. The van der Waals surface area contributed by atoms with Crippen LogP contribution in [0.5, 0.6) is 0 Å². The van der Waals surface area contributed by atoms with Crippen LogP contribution in [0.4, 0.5) is 23.4 Å². The number of carbonyl (C=O) groups excluding carboxylic acids is 1. The van der Waals surface area contributed by atoms with Crippen LogP contribution in [0.25, 0.3) is 5.82 Å². The highest BCUT2D eigenvalue weighted by Gasteiger charge is 2.16. The number of benzene rings is 1. The predicted molar refractivity (Wildman–Crippen MR) is 110 cm³/mol. The number of nitrogens with zero attached hydrogens (tertiary/aromatic N) is 5. The topological polar surface area (TPSA) is 136 Å². The van der Waals surface area contributed by atoms with Crippen LogP contribution < -0.4 is 21.7 Å². The SMILES string of the molecule is CNC(=O)c1ccc(Nc2nc(N)n(-c3cc(NC4CCCC4)ncn3)n2)cc1. The van der Waals surface area contributed by atoms with Crippen molar-refractivity contribution in [2.75, 3.05) is 23.4 Å². The highest BCUT2D eigenvalue weighted by atomic mass is 16.1. The molecule has 0 aliphatic heterocycles. The fourth-order valence-electron chi connectivity index (χ4n) is 3.35. The maximum Gasteiger partial charge on any atom is 0.251 e. The first kappa shape index (κ1) is 18.7. The van der Waals surface area contributed by atoms with Gasteiger partial charge in [0.25, 0.3) is 5.91 Å². The van der Waals surface area contributed by atoms with E-state index in [0.29, 0.717) is 23.4 Å². The molecule has 2 heterocycles. The minimum atomic E-state index is -0.144. The van der Waals surface area contributed by atoms with Gasteiger partial charge in [-0.3, -0.25) is 4.79 Å². The molecule has 1 aliphatic rings. The number of anilines is 4. The number of nitrogens with two attached hydrogens (primary N) is 1. The first-order valence-electron chi connectivity index (χ1n) is 9.53. The van der Waals surface area contributed by atoms with Gasteiger partial charge in [0.1, 0.15) is 12.1 Å². The van der Waals surface area contributed by atoms with E-state index in [2.05, 4.69) is 36.0 Å². The fraction of sp³-hybridized carbons (Fsp3) is 0.316. The number of hydrogen-bond acceptors (Lipinski definition) is 8. The van der Waals surface area contributed by atoms with Crippen molar-refractivity contribution in [1.29, 1.82) is 0 Å². The van der Waals surface area contributed by atoms with E-state index in [1.807, 2.05) is 6.07 Å². The van der Waals surface area contributed by atoms with Crippen LogP contribution >= 0.6 is 0 Å². The van der Waals surface area contributed by atoms with Crippen molar-refractivity contribution in [3.63, 3.8) is 0 Å². The van der Waals surface area contributed by atoms with E-state index in [9.17, 15) is 4.79 Å². The van der Waals surface area contributed by atoms with E-state index in [1.165, 1.54) is 23.9 Å². The zero-order chi connectivity index (χ0) is 20.2. The van der Waals surface area contributed by atoms with Gasteiger partial charge in [-0.1, -0.05) is 12.8 Å². The van der Waals surface area contributed by atoms with Crippen LogP contribution in [0, 0.1) is 0 Å². The van der Waals surface area contributed by atoms with Gasteiger partial charge in [-0.2, -0.15) is 9.67 Å². The third kappa shape index (κ3) is 4.26. The van der Waals surface area contributed by atoms with Gasteiger partial charge in [0, 0.05) is 30.4 Å². The van der Waals surface area contributed by atoms with Crippen LogP contribution in [0.1, 0.15) is 36.0 Å². The number of amides is 1. The molecule has 0 unspecified atom stereocenters. The van der Waals surface area contributed by atoms with Crippen molar-refractivity contribution in [2.45, 2.75) is 31.7 Å². The molecule has 0 saturated heterocycles. The lowest BCUT2D eigenvalue weighted by atomic mass is 10.2. The zero-order valence-corrected chi connectivity index (χ0v) is 16.1. The van der Waals surface area contributed by atoms with E-state index >= 15 is 0 Å². The van der Waals surface area contributed by atoms with Gasteiger partial charge >= 0.3 is 0 Å². The Balaban J connectivity index is 1.50. The molecule has 10 heteroatoms. The third-order valence-electron chi connectivity index (χ3n) is 4.84. The van der Waals surface area contributed by atoms with Crippen molar-refractivity contribution in [2.24, 2.45) is 0 Å². The van der Waals surface area contributed by atoms with Gasteiger partial charge in [0.05, 0.1) is 0 Å². The molecule has 29 heavy (non-hydrogen) atoms. The molecule has 1 saturated carbocycles. The minimum Gasteiger partial charge on any atom is -0.368 e. The fourth-order valence-corrected chi connectivity index (χ4v) is 3.35. The number of carbonyl (C=O) groups is 1. The Hall–Kier alpha value is -3.69. The van der Waals surface area contributed by atoms with Crippen molar-refractivity contribution in [3.8, 4) is 5.82 Å². The van der Waals surface area contributed by atoms with Crippen LogP contribution in [-0.4, -0.2) is 43.7 Å². The highest BCUT2D eigenvalue weighted by Crippen LogP contribution is 2.22. The van der Waals surface area contributed by atoms with Gasteiger partial charge < -0.3 is 21.7 Å². The smallest absolute Gasteiger partial charge is 0.251 e. The Kier molecular flexibility index (Phi) is 5.23. The minimum absolute atomic E-state index is 0.144. The van der Waals surface area contributed by atoms with E-state index in [4.69, 9.17) is 5.73 Å². The summed E-state index contributed by atoms with van der Waals surface area (Å²) in [5, 5.41) is 13.5. The van der Waals surface area contributed by atoms with Gasteiger partial charge in [-0.05, 0) is 37.1 Å². The molecular formula is C19H23N9O. The molecule has 0 spiro atoms. The first-order valence-corrected chi connectivity index (χ1v) is 9.53. The van der Waals surface area contributed by atoms with Gasteiger partial charge in [0.15, 0.2) is 5.82 Å². The second kappa shape index (κ2) is 8.13. The third-order valence-corrected chi connectivity index (χ3v) is 4.84. The molecule has 1 aromatic carbocycles. The summed E-state index contributed by atoms with van der Waals surface area (Å²) < 4.78 is 1.46. The molecular weight excluding hydrogens is 370 g/mol. The summed E-state index contributed by atoms with van der Waals surface area (Å²) in [6, 6.07) is 9.23. The summed E-state index contributed by atoms with van der Waals surface area (Å²) in [6.45, 7) is 0. The number of nitrogen functional groups attached to an aromatic ring is 1. The molecule has 1 aliphatic carbocycles. The number of rotatable bonds is 6. The van der Waals surface area contributed by atoms with Crippen LogP contribution in [0.2, 0.25) is 0 Å². The average Bonchev–Trinajstić information content (AvgIpc) is 3.37. The lowest BCUT2D eigenvalue weighted by Gasteiger charge is -2.12. The summed E-state index contributed by atoms with van der Waals surface area (Å²) in [7, 11) is 1.59. The quantitative estimate of drug-likeness (QED) is 0.500. The number of nitrogens with one attached hydrogen (secondary N) is 3. The van der Waals surface area contributed by atoms with E-state index in [1.54, 1.807) is 31.3 Å². The summed E-state index contributed by atoms with van der Waals surface area (Å²) in [6.07, 6.45) is 6.27. The van der Waals surface area contributed by atoms with E-state index < -0.39 is 0 Å². The largest absolute Gasteiger partial charge is 0.368 e. The lowest BCUT2D eigenvalue weighted by molar-refractivity contribution is 0.0963. The molecule has 10 nitrogen and oxygen atoms in total. The van der Waals surface area contributed by atoms with E-state index in [0.717, 1.165) is 24.3 Å². The Morgan fingerprint density at radius 1 is 1.17 bits per heavy atom. The first-order chi connectivity index (χ1) is 14.1. The van der Waals surface area contributed by atoms with Crippen molar-refractivity contribution in [1.82, 2.24) is 30.0 Å². The Morgan fingerprint density at radius 2 is 1.93 bits per heavy atom. The lowest BCUT2D eigenvalue weighted by Crippen LogP contribution is -2.17. The molecule has 0 bridgehead atoms. The summed E-state index contributed by atoms with van der Waals surface area (Å²) in [4.78, 5) is 24.4.